The number of anilines is 1. The summed E-state index contributed by atoms with van der Waals surface area (Å²) in [6.07, 6.45) is 2.08. The third-order valence-corrected chi connectivity index (χ3v) is 5.98. The number of nitrogens with zero attached hydrogens (tertiary/aromatic N) is 1. The molecule has 3 heterocycles. The predicted octanol–water partition coefficient (Wildman–Crippen LogP) is 3.46. The number of para-hydroxylation sites is 1. The number of carbonyl (C=O) groups excluding carboxylic acids is 1. The van der Waals surface area contributed by atoms with Gasteiger partial charge in [0.1, 0.15) is 5.82 Å². The lowest BCUT2D eigenvalue weighted by molar-refractivity contribution is -0.116. The lowest BCUT2D eigenvalue weighted by atomic mass is 9.77. The van der Waals surface area contributed by atoms with Gasteiger partial charge >= 0.3 is 0 Å². The van der Waals surface area contributed by atoms with Crippen LogP contribution in [-0.4, -0.2) is 22.4 Å². The first-order valence-corrected chi connectivity index (χ1v) is 10.0. The number of benzene rings is 2. The average molecular weight is 401 g/mol. The van der Waals surface area contributed by atoms with Crippen LogP contribution in [0.3, 0.4) is 0 Å². The second-order valence-corrected chi connectivity index (χ2v) is 7.72. The summed E-state index contributed by atoms with van der Waals surface area (Å²) in [5.41, 5.74) is 3.54. The zero-order valence-electron chi connectivity index (χ0n) is 16.1. The van der Waals surface area contributed by atoms with Crippen LogP contribution in [0.1, 0.15) is 36.3 Å². The van der Waals surface area contributed by atoms with Crippen molar-refractivity contribution in [3.63, 3.8) is 0 Å². The molecule has 0 fully saturated rings. The number of aromatic nitrogens is 2. The summed E-state index contributed by atoms with van der Waals surface area (Å²) < 4.78 is 12.5. The molecule has 6 rings (SSSR count). The summed E-state index contributed by atoms with van der Waals surface area (Å²) in [6.45, 7) is 0.175. The number of allylic oxidation sites excluding steroid dienone is 2. The Morgan fingerprint density at radius 3 is 2.67 bits per heavy atom. The second-order valence-electron chi connectivity index (χ2n) is 7.72. The van der Waals surface area contributed by atoms with Gasteiger partial charge in [-0.25, -0.2) is 4.68 Å². The van der Waals surface area contributed by atoms with Crippen LogP contribution in [-0.2, 0) is 4.79 Å². The summed E-state index contributed by atoms with van der Waals surface area (Å²) in [4.78, 5) is 26.5. The molecule has 2 aliphatic heterocycles. The van der Waals surface area contributed by atoms with Crippen LogP contribution < -0.4 is 20.3 Å². The molecule has 3 aromatic rings. The van der Waals surface area contributed by atoms with Crippen LogP contribution in [0.15, 0.2) is 64.6 Å². The number of H-pyrrole nitrogens is 1. The zero-order chi connectivity index (χ0) is 20.2. The number of hydrogen-bond acceptors (Lipinski definition) is 5. The molecule has 2 N–H and O–H groups in total. The summed E-state index contributed by atoms with van der Waals surface area (Å²) in [7, 11) is 0. The van der Waals surface area contributed by atoms with Gasteiger partial charge < -0.3 is 14.8 Å². The highest BCUT2D eigenvalue weighted by atomic mass is 16.7. The van der Waals surface area contributed by atoms with Crippen molar-refractivity contribution in [2.45, 2.75) is 25.2 Å². The van der Waals surface area contributed by atoms with E-state index in [1.165, 1.54) is 4.68 Å². The van der Waals surface area contributed by atoms with Gasteiger partial charge in [0.05, 0.1) is 11.3 Å². The van der Waals surface area contributed by atoms with Crippen molar-refractivity contribution in [2.75, 3.05) is 12.1 Å². The third kappa shape index (κ3) is 2.45. The van der Waals surface area contributed by atoms with E-state index < -0.39 is 5.92 Å². The van der Waals surface area contributed by atoms with Crippen LogP contribution in [0.4, 0.5) is 5.82 Å². The maximum absolute atomic E-state index is 13.5. The fourth-order valence-corrected chi connectivity index (χ4v) is 4.62. The largest absolute Gasteiger partial charge is 0.454 e. The number of fused-ring (bicyclic) bond motifs is 2. The lowest BCUT2D eigenvalue weighted by Gasteiger charge is -2.31. The molecule has 0 spiro atoms. The van der Waals surface area contributed by atoms with Crippen LogP contribution >= 0.6 is 0 Å². The number of rotatable bonds is 2. The van der Waals surface area contributed by atoms with E-state index in [2.05, 4.69) is 10.4 Å². The monoisotopic (exact) mass is 401 g/mol. The highest BCUT2D eigenvalue weighted by Crippen LogP contribution is 2.45. The van der Waals surface area contributed by atoms with E-state index in [4.69, 9.17) is 9.47 Å². The molecule has 7 heteroatoms. The maximum atomic E-state index is 13.5. The quantitative estimate of drug-likeness (QED) is 0.687. The van der Waals surface area contributed by atoms with Crippen LogP contribution in [0, 0.1) is 0 Å². The Hall–Kier alpha value is -3.74. The van der Waals surface area contributed by atoms with E-state index in [0.717, 1.165) is 29.8 Å². The van der Waals surface area contributed by atoms with E-state index in [-0.39, 0.29) is 18.1 Å². The standard InChI is InChI=1S/C23H19N3O4/c27-16-8-4-7-15-20(16)19(13-9-10-17-18(11-13)30-12-29-17)21-22(24-15)25-26(23(21)28)14-5-2-1-3-6-14/h1-3,5-6,9-11,19,24-25H,4,7-8,12H2/t19-/m0/s1. The SMILES string of the molecule is O=C1CCCC2=C1[C@H](c1ccc3c(c1)OCO3)c1c([nH]n(-c3ccccc3)c1=O)N2. The Balaban J connectivity index is 1.58. The van der Waals surface area contributed by atoms with E-state index in [1.54, 1.807) is 0 Å². The van der Waals surface area contributed by atoms with Gasteiger partial charge in [0.25, 0.3) is 5.56 Å². The molecule has 7 nitrogen and oxygen atoms in total. The van der Waals surface area contributed by atoms with E-state index >= 15 is 0 Å². The van der Waals surface area contributed by atoms with Crippen molar-refractivity contribution in [1.82, 2.24) is 9.78 Å². The molecule has 0 unspecified atom stereocenters. The molecular formula is C23H19N3O4. The minimum Gasteiger partial charge on any atom is -0.454 e. The van der Waals surface area contributed by atoms with Crippen molar-refractivity contribution in [3.8, 4) is 17.2 Å². The summed E-state index contributed by atoms with van der Waals surface area (Å²) >= 11 is 0. The number of aromatic amines is 1. The van der Waals surface area contributed by atoms with Gasteiger partial charge in [-0.1, -0.05) is 24.3 Å². The van der Waals surface area contributed by atoms with E-state index in [0.29, 0.717) is 34.9 Å². The molecule has 2 aromatic carbocycles. The Kier molecular flexibility index (Phi) is 3.65. The van der Waals surface area contributed by atoms with Gasteiger partial charge in [0.2, 0.25) is 6.79 Å². The summed E-state index contributed by atoms with van der Waals surface area (Å²) in [5.74, 6) is 1.58. The van der Waals surface area contributed by atoms with Crippen molar-refractivity contribution in [3.05, 3.63) is 81.3 Å². The molecule has 0 amide bonds. The first kappa shape index (κ1) is 17.1. The van der Waals surface area contributed by atoms with Gasteiger partial charge in [0, 0.05) is 23.6 Å². The number of ketones is 1. The topological polar surface area (TPSA) is 85.3 Å². The number of ether oxygens (including phenoxy) is 2. The highest BCUT2D eigenvalue weighted by Gasteiger charge is 2.39. The second kappa shape index (κ2) is 6.38. The predicted molar refractivity (Wildman–Crippen MR) is 110 cm³/mol. The number of nitrogens with one attached hydrogen (secondary N) is 2. The number of carbonyl (C=O) groups is 1. The summed E-state index contributed by atoms with van der Waals surface area (Å²) in [6, 6.07) is 15.1. The fraction of sp³-hybridized carbons (Fsp3) is 0.217. The van der Waals surface area contributed by atoms with Gasteiger partial charge in [-0.15, -0.1) is 0 Å². The Morgan fingerprint density at radius 1 is 0.967 bits per heavy atom. The Morgan fingerprint density at radius 2 is 1.80 bits per heavy atom. The van der Waals surface area contributed by atoms with Gasteiger partial charge in [0.15, 0.2) is 17.3 Å². The number of hydrogen-bond donors (Lipinski definition) is 2. The molecule has 0 saturated heterocycles. The molecule has 0 radical (unpaired) electrons. The Bertz CT molecular complexity index is 1270. The molecule has 0 bridgehead atoms. The molecule has 1 aliphatic carbocycles. The maximum Gasteiger partial charge on any atom is 0.277 e. The molecule has 30 heavy (non-hydrogen) atoms. The van der Waals surface area contributed by atoms with Crippen molar-refractivity contribution >= 4 is 11.6 Å². The van der Waals surface area contributed by atoms with Crippen molar-refractivity contribution < 1.29 is 14.3 Å². The van der Waals surface area contributed by atoms with Crippen molar-refractivity contribution in [1.29, 1.82) is 0 Å². The highest BCUT2D eigenvalue weighted by molar-refractivity contribution is 6.01. The minimum atomic E-state index is -0.452. The first-order chi connectivity index (χ1) is 14.7. The normalized spacial score (nSPS) is 19.3. The van der Waals surface area contributed by atoms with Gasteiger partial charge in [-0.3, -0.25) is 14.7 Å². The smallest absolute Gasteiger partial charge is 0.277 e. The van der Waals surface area contributed by atoms with Crippen LogP contribution in [0.25, 0.3) is 5.69 Å². The average Bonchev–Trinajstić information content (AvgIpc) is 3.37. The minimum absolute atomic E-state index is 0.0870. The molecule has 1 aromatic heterocycles. The zero-order valence-corrected chi connectivity index (χ0v) is 16.1. The van der Waals surface area contributed by atoms with Gasteiger partial charge in [-0.2, -0.15) is 0 Å². The molecule has 1 atom stereocenters. The van der Waals surface area contributed by atoms with Crippen molar-refractivity contribution in [2.24, 2.45) is 0 Å². The van der Waals surface area contributed by atoms with Gasteiger partial charge in [-0.05, 0) is 42.7 Å². The van der Waals surface area contributed by atoms with Crippen LogP contribution in [0.5, 0.6) is 11.5 Å². The van der Waals surface area contributed by atoms with E-state index in [1.807, 2.05) is 48.5 Å². The third-order valence-electron chi connectivity index (χ3n) is 5.98. The lowest BCUT2D eigenvalue weighted by Crippen LogP contribution is -2.29. The first-order valence-electron chi connectivity index (χ1n) is 10.0. The van der Waals surface area contributed by atoms with Crippen LogP contribution in [0.2, 0.25) is 0 Å². The summed E-state index contributed by atoms with van der Waals surface area (Å²) in [5, 5.41) is 6.55. The molecular weight excluding hydrogens is 382 g/mol. The molecule has 150 valence electrons. The Labute approximate surface area is 171 Å². The molecule has 3 aliphatic rings. The fourth-order valence-electron chi connectivity index (χ4n) is 4.62. The number of Topliss-reactive ketones (excluding diaryl/α,β-unsaturated/α-hetero) is 1. The molecule has 0 saturated carbocycles. The van der Waals surface area contributed by atoms with E-state index in [9.17, 15) is 9.59 Å².